The summed E-state index contributed by atoms with van der Waals surface area (Å²) in [4.78, 5) is 31.4. The molecule has 1 aliphatic rings. The van der Waals surface area contributed by atoms with Crippen LogP contribution in [0.1, 0.15) is 39.1 Å². The molecule has 0 saturated carbocycles. The second-order valence-corrected chi connectivity index (χ2v) is 7.95. The number of carbonyl (C=O) groups is 2. The topological polar surface area (TPSA) is 73.7 Å². The Morgan fingerprint density at radius 2 is 1.89 bits per heavy atom. The summed E-state index contributed by atoms with van der Waals surface area (Å²) in [6, 6.07) is 4.02. The van der Waals surface area contributed by atoms with Crippen molar-refractivity contribution in [2.75, 3.05) is 31.2 Å². The Morgan fingerprint density at radius 1 is 1.22 bits per heavy atom. The molecular formula is C20H27N3O4. The number of aryl methyl sites for hydroxylation is 1. The fourth-order valence-electron chi connectivity index (χ4n) is 3.23. The predicted molar refractivity (Wildman–Crippen MR) is 104 cm³/mol. The lowest BCUT2D eigenvalue weighted by atomic mass is 10.1. The van der Waals surface area contributed by atoms with E-state index in [9.17, 15) is 9.59 Å². The van der Waals surface area contributed by atoms with Gasteiger partial charge in [-0.25, -0.2) is 14.3 Å². The molecule has 1 saturated heterocycles. The summed E-state index contributed by atoms with van der Waals surface area (Å²) in [7, 11) is 0. The number of morpholine rings is 1. The number of rotatable bonds is 3. The molecule has 0 atom stereocenters. The normalized spacial score (nSPS) is 15.2. The van der Waals surface area contributed by atoms with Crippen LogP contribution in [-0.2, 0) is 20.7 Å². The van der Waals surface area contributed by atoms with Gasteiger partial charge >= 0.3 is 6.09 Å². The summed E-state index contributed by atoms with van der Waals surface area (Å²) in [5.41, 5.74) is 2.72. The Hall–Kier alpha value is -2.41. The van der Waals surface area contributed by atoms with E-state index in [4.69, 9.17) is 9.47 Å². The molecule has 2 heterocycles. The molecule has 27 heavy (non-hydrogen) atoms. The number of imidazole rings is 1. The minimum absolute atomic E-state index is 0.0545. The van der Waals surface area contributed by atoms with Crippen molar-refractivity contribution < 1.29 is 19.1 Å². The van der Waals surface area contributed by atoms with Crippen molar-refractivity contribution in [1.29, 1.82) is 0 Å². The van der Waals surface area contributed by atoms with Crippen LogP contribution >= 0.6 is 0 Å². The quantitative estimate of drug-likeness (QED) is 0.823. The highest BCUT2D eigenvalue weighted by Crippen LogP contribution is 2.28. The number of hydrogen-bond acceptors (Lipinski definition) is 6. The van der Waals surface area contributed by atoms with Gasteiger partial charge < -0.3 is 14.4 Å². The number of ether oxygens (including phenoxy) is 2. The van der Waals surface area contributed by atoms with Gasteiger partial charge in [-0.05, 0) is 52.3 Å². The SMILES string of the molecule is CC(=O)Cc1nc2c(C)cc(N3CCOCC3)cc2n1C(=O)OC(C)(C)C. The number of aromatic nitrogens is 2. The van der Waals surface area contributed by atoms with E-state index < -0.39 is 11.7 Å². The minimum Gasteiger partial charge on any atom is -0.443 e. The Balaban J connectivity index is 2.14. The van der Waals surface area contributed by atoms with Crippen LogP contribution in [0.25, 0.3) is 11.0 Å². The maximum absolute atomic E-state index is 12.9. The third-order valence-electron chi connectivity index (χ3n) is 4.36. The molecule has 1 fully saturated rings. The van der Waals surface area contributed by atoms with Crippen LogP contribution in [-0.4, -0.2) is 53.3 Å². The van der Waals surface area contributed by atoms with Crippen molar-refractivity contribution >= 4 is 28.6 Å². The number of nitrogens with zero attached hydrogens (tertiary/aromatic N) is 3. The van der Waals surface area contributed by atoms with Crippen molar-refractivity contribution in [2.24, 2.45) is 0 Å². The maximum Gasteiger partial charge on any atom is 0.420 e. The van der Waals surface area contributed by atoms with E-state index in [0.29, 0.717) is 30.1 Å². The molecule has 7 nitrogen and oxygen atoms in total. The van der Waals surface area contributed by atoms with Crippen LogP contribution in [0, 0.1) is 6.92 Å². The third-order valence-corrected chi connectivity index (χ3v) is 4.36. The van der Waals surface area contributed by atoms with Crippen LogP contribution in [0.2, 0.25) is 0 Å². The van der Waals surface area contributed by atoms with Crippen molar-refractivity contribution in [2.45, 2.75) is 46.6 Å². The molecule has 1 aliphatic heterocycles. The summed E-state index contributed by atoms with van der Waals surface area (Å²) in [6.45, 7) is 11.9. The van der Waals surface area contributed by atoms with E-state index in [1.807, 2.05) is 33.8 Å². The van der Waals surface area contributed by atoms with Gasteiger partial charge in [-0.15, -0.1) is 0 Å². The Labute approximate surface area is 159 Å². The first-order chi connectivity index (χ1) is 12.7. The molecule has 0 unspecified atom stereocenters. The summed E-state index contributed by atoms with van der Waals surface area (Å²) in [5, 5.41) is 0. The number of Topliss-reactive ketones (excluding diaryl/α,β-unsaturated/α-hetero) is 1. The van der Waals surface area contributed by atoms with Crippen LogP contribution in [0.15, 0.2) is 12.1 Å². The molecule has 0 amide bonds. The van der Waals surface area contributed by atoms with Gasteiger partial charge in [-0.3, -0.25) is 4.79 Å². The molecular weight excluding hydrogens is 346 g/mol. The molecule has 1 aromatic heterocycles. The number of benzene rings is 1. The van der Waals surface area contributed by atoms with Crippen LogP contribution in [0.4, 0.5) is 10.5 Å². The van der Waals surface area contributed by atoms with Gasteiger partial charge in [0.2, 0.25) is 0 Å². The van der Waals surface area contributed by atoms with E-state index in [2.05, 4.69) is 16.0 Å². The highest BCUT2D eigenvalue weighted by atomic mass is 16.6. The Morgan fingerprint density at radius 3 is 2.48 bits per heavy atom. The zero-order valence-corrected chi connectivity index (χ0v) is 16.7. The van der Waals surface area contributed by atoms with Crippen molar-refractivity contribution in [1.82, 2.24) is 9.55 Å². The molecule has 0 radical (unpaired) electrons. The second-order valence-electron chi connectivity index (χ2n) is 7.95. The van der Waals surface area contributed by atoms with Gasteiger partial charge in [0.15, 0.2) is 0 Å². The smallest absolute Gasteiger partial charge is 0.420 e. The van der Waals surface area contributed by atoms with Gasteiger partial charge in [0.25, 0.3) is 0 Å². The summed E-state index contributed by atoms with van der Waals surface area (Å²) in [5.74, 6) is 0.357. The van der Waals surface area contributed by atoms with Crippen molar-refractivity contribution in [3.8, 4) is 0 Å². The fraction of sp³-hybridized carbons (Fsp3) is 0.550. The van der Waals surface area contributed by atoms with E-state index in [1.54, 1.807) is 0 Å². The molecule has 3 rings (SSSR count). The lowest BCUT2D eigenvalue weighted by Gasteiger charge is -2.29. The maximum atomic E-state index is 12.9. The van der Waals surface area contributed by atoms with Gasteiger partial charge in [0.05, 0.1) is 30.7 Å². The highest BCUT2D eigenvalue weighted by Gasteiger charge is 2.25. The number of carbonyl (C=O) groups excluding carboxylic acids is 2. The van der Waals surface area contributed by atoms with E-state index in [0.717, 1.165) is 24.3 Å². The number of ketones is 1. The highest BCUT2D eigenvalue weighted by molar-refractivity contribution is 5.93. The molecule has 146 valence electrons. The monoisotopic (exact) mass is 373 g/mol. The number of fused-ring (bicyclic) bond motifs is 1. The first-order valence-corrected chi connectivity index (χ1v) is 9.23. The second kappa shape index (κ2) is 7.31. The van der Waals surface area contributed by atoms with Gasteiger partial charge in [-0.1, -0.05) is 0 Å². The van der Waals surface area contributed by atoms with Crippen LogP contribution in [0.3, 0.4) is 0 Å². The average Bonchev–Trinajstić information content (AvgIpc) is 2.92. The van der Waals surface area contributed by atoms with Gasteiger partial charge in [-0.2, -0.15) is 0 Å². The predicted octanol–water partition coefficient (Wildman–Crippen LogP) is 3.10. The standard InChI is InChI=1S/C20H27N3O4/c1-13-10-15(22-6-8-26-9-7-22)12-16-18(13)21-17(11-14(2)24)23(16)19(25)27-20(3,4)5/h10,12H,6-9,11H2,1-5H3. The molecule has 0 aliphatic carbocycles. The zero-order valence-electron chi connectivity index (χ0n) is 16.7. The molecule has 2 aromatic rings. The van der Waals surface area contributed by atoms with Crippen molar-refractivity contribution in [3.63, 3.8) is 0 Å². The number of hydrogen-bond donors (Lipinski definition) is 0. The Kier molecular flexibility index (Phi) is 5.24. The number of anilines is 1. The fourth-order valence-corrected chi connectivity index (χ4v) is 3.23. The van der Waals surface area contributed by atoms with Crippen molar-refractivity contribution in [3.05, 3.63) is 23.5 Å². The summed E-state index contributed by atoms with van der Waals surface area (Å²) < 4.78 is 12.5. The third kappa shape index (κ3) is 4.30. The van der Waals surface area contributed by atoms with Gasteiger partial charge in [0.1, 0.15) is 17.2 Å². The van der Waals surface area contributed by atoms with E-state index >= 15 is 0 Å². The van der Waals surface area contributed by atoms with E-state index in [1.165, 1.54) is 11.5 Å². The lowest BCUT2D eigenvalue weighted by molar-refractivity contribution is -0.116. The summed E-state index contributed by atoms with van der Waals surface area (Å²) in [6.07, 6.45) is -0.431. The van der Waals surface area contributed by atoms with E-state index in [-0.39, 0.29) is 12.2 Å². The van der Waals surface area contributed by atoms with Gasteiger partial charge in [0, 0.05) is 18.8 Å². The largest absolute Gasteiger partial charge is 0.443 e. The first-order valence-electron chi connectivity index (χ1n) is 9.23. The molecule has 7 heteroatoms. The summed E-state index contributed by atoms with van der Waals surface area (Å²) >= 11 is 0. The molecule has 0 bridgehead atoms. The van der Waals surface area contributed by atoms with Crippen LogP contribution < -0.4 is 4.90 Å². The molecule has 1 aromatic carbocycles. The lowest BCUT2D eigenvalue weighted by Crippen LogP contribution is -2.36. The average molecular weight is 373 g/mol. The Bertz CT molecular complexity index is 873. The van der Waals surface area contributed by atoms with Crippen LogP contribution in [0.5, 0.6) is 0 Å². The molecule has 0 spiro atoms. The zero-order chi connectivity index (χ0) is 19.8. The minimum atomic E-state index is -0.641. The first kappa shape index (κ1) is 19.4. The molecule has 0 N–H and O–H groups in total.